The molecule has 0 saturated carbocycles. The Morgan fingerprint density at radius 2 is 1.94 bits per heavy atom. The van der Waals surface area contributed by atoms with Crippen molar-refractivity contribution >= 4 is 17.3 Å². The highest BCUT2D eigenvalue weighted by Crippen LogP contribution is 2.34. The summed E-state index contributed by atoms with van der Waals surface area (Å²) in [6, 6.07) is 12.0. The van der Waals surface area contributed by atoms with Crippen LogP contribution in [-0.4, -0.2) is 6.54 Å². The summed E-state index contributed by atoms with van der Waals surface area (Å²) in [5.41, 5.74) is 1.84. The minimum Gasteiger partial charge on any atom is -0.482 e. The van der Waals surface area contributed by atoms with Crippen LogP contribution in [0.5, 0.6) is 5.75 Å². The number of ether oxygens (including phenoxy) is 1. The number of anilines is 1. The molecule has 2 aromatic rings. The number of halogens is 2. The molecule has 0 amide bonds. The van der Waals surface area contributed by atoms with Crippen molar-refractivity contribution in [1.29, 1.82) is 0 Å². The first kappa shape index (κ1) is 11.4. The van der Waals surface area contributed by atoms with E-state index in [9.17, 15) is 4.39 Å². The average Bonchev–Trinajstić information content (AvgIpc) is 2.38. The molecular formula is C14H11ClFNO. The van der Waals surface area contributed by atoms with Gasteiger partial charge in [0.2, 0.25) is 0 Å². The minimum absolute atomic E-state index is 0.128. The topological polar surface area (TPSA) is 21.3 Å². The van der Waals surface area contributed by atoms with Gasteiger partial charge in [0.25, 0.3) is 0 Å². The summed E-state index contributed by atoms with van der Waals surface area (Å²) in [4.78, 5) is 0. The van der Waals surface area contributed by atoms with Crippen LogP contribution in [0.2, 0.25) is 5.02 Å². The Labute approximate surface area is 109 Å². The van der Waals surface area contributed by atoms with Crippen LogP contribution in [0.3, 0.4) is 0 Å². The molecule has 1 aliphatic heterocycles. The van der Waals surface area contributed by atoms with E-state index in [2.05, 4.69) is 5.32 Å². The van der Waals surface area contributed by atoms with E-state index in [4.69, 9.17) is 16.3 Å². The Morgan fingerprint density at radius 1 is 1.17 bits per heavy atom. The van der Waals surface area contributed by atoms with Crippen LogP contribution in [0.4, 0.5) is 10.1 Å². The maximum Gasteiger partial charge on any atom is 0.146 e. The molecule has 4 heteroatoms. The van der Waals surface area contributed by atoms with E-state index in [-0.39, 0.29) is 11.9 Å². The highest BCUT2D eigenvalue weighted by molar-refractivity contribution is 6.30. The van der Waals surface area contributed by atoms with Crippen molar-refractivity contribution in [1.82, 2.24) is 0 Å². The fourth-order valence-electron chi connectivity index (χ4n) is 2.00. The molecule has 18 heavy (non-hydrogen) atoms. The van der Waals surface area contributed by atoms with E-state index < -0.39 is 0 Å². The Hall–Kier alpha value is -1.74. The van der Waals surface area contributed by atoms with Crippen LogP contribution in [0.25, 0.3) is 0 Å². The van der Waals surface area contributed by atoms with Gasteiger partial charge in [-0.3, -0.25) is 0 Å². The third-order valence-electron chi connectivity index (χ3n) is 2.93. The molecule has 0 radical (unpaired) electrons. The highest BCUT2D eigenvalue weighted by atomic mass is 35.5. The minimum atomic E-state index is -0.299. The Morgan fingerprint density at radius 3 is 2.72 bits per heavy atom. The van der Waals surface area contributed by atoms with Gasteiger partial charge in [-0.05, 0) is 29.8 Å². The lowest BCUT2D eigenvalue weighted by atomic mass is 10.1. The maximum atomic E-state index is 13.2. The lowest BCUT2D eigenvalue weighted by Crippen LogP contribution is -2.23. The van der Waals surface area contributed by atoms with Crippen LogP contribution in [0, 0.1) is 5.82 Å². The van der Waals surface area contributed by atoms with Crippen LogP contribution < -0.4 is 10.1 Å². The van der Waals surface area contributed by atoms with Crippen molar-refractivity contribution in [3.05, 3.63) is 58.9 Å². The average molecular weight is 264 g/mol. The van der Waals surface area contributed by atoms with E-state index in [1.165, 1.54) is 12.1 Å². The summed E-state index contributed by atoms with van der Waals surface area (Å²) in [6.07, 6.45) is -0.128. The summed E-state index contributed by atoms with van der Waals surface area (Å²) < 4.78 is 18.9. The number of rotatable bonds is 1. The summed E-state index contributed by atoms with van der Waals surface area (Å²) in [5, 5.41) is 3.92. The molecular weight excluding hydrogens is 253 g/mol. The van der Waals surface area contributed by atoms with Crippen molar-refractivity contribution < 1.29 is 9.13 Å². The molecule has 2 nitrogen and oxygen atoms in total. The standard InChI is InChI=1S/C14H11ClFNO/c15-10-3-1-9(2-4-10)14-8-17-12-6-5-11(16)7-13(12)18-14/h1-7,14,17H,8H2. The van der Waals surface area contributed by atoms with Crippen LogP contribution in [0.15, 0.2) is 42.5 Å². The van der Waals surface area contributed by atoms with E-state index in [1.54, 1.807) is 6.07 Å². The third kappa shape index (κ3) is 2.14. The summed E-state index contributed by atoms with van der Waals surface area (Å²) in [5.74, 6) is 0.244. The fraction of sp³-hybridized carbons (Fsp3) is 0.143. The van der Waals surface area contributed by atoms with Crippen molar-refractivity contribution in [2.24, 2.45) is 0 Å². The molecule has 0 saturated heterocycles. The van der Waals surface area contributed by atoms with Crippen LogP contribution >= 0.6 is 11.6 Å². The van der Waals surface area contributed by atoms with E-state index in [1.807, 2.05) is 24.3 Å². The van der Waals surface area contributed by atoms with Gasteiger partial charge in [-0.25, -0.2) is 4.39 Å². The molecule has 0 aromatic heterocycles. The SMILES string of the molecule is Fc1ccc2c(c1)OC(c1ccc(Cl)cc1)CN2. The lowest BCUT2D eigenvalue weighted by molar-refractivity contribution is 0.209. The second-order valence-electron chi connectivity index (χ2n) is 4.18. The maximum absolute atomic E-state index is 13.2. The molecule has 1 heterocycles. The molecule has 1 atom stereocenters. The second kappa shape index (κ2) is 4.50. The molecule has 2 aromatic carbocycles. The quantitative estimate of drug-likeness (QED) is 0.839. The summed E-state index contributed by atoms with van der Waals surface area (Å²) in [7, 11) is 0. The molecule has 0 fully saturated rings. The monoisotopic (exact) mass is 263 g/mol. The molecule has 0 bridgehead atoms. The molecule has 3 rings (SSSR count). The zero-order chi connectivity index (χ0) is 12.5. The fourth-order valence-corrected chi connectivity index (χ4v) is 2.13. The Balaban J connectivity index is 1.88. The lowest BCUT2D eigenvalue weighted by Gasteiger charge is -2.27. The molecule has 1 aliphatic rings. The zero-order valence-corrected chi connectivity index (χ0v) is 10.2. The van der Waals surface area contributed by atoms with Gasteiger partial charge in [0.05, 0.1) is 12.2 Å². The number of hydrogen-bond acceptors (Lipinski definition) is 2. The van der Waals surface area contributed by atoms with E-state index in [0.29, 0.717) is 17.3 Å². The predicted molar refractivity (Wildman–Crippen MR) is 69.7 cm³/mol. The van der Waals surface area contributed by atoms with Gasteiger partial charge in [0, 0.05) is 11.1 Å². The van der Waals surface area contributed by atoms with Crippen molar-refractivity contribution in [2.45, 2.75) is 6.10 Å². The highest BCUT2D eigenvalue weighted by Gasteiger charge is 2.21. The van der Waals surface area contributed by atoms with Gasteiger partial charge in [0.15, 0.2) is 0 Å². The summed E-state index contributed by atoms with van der Waals surface area (Å²) >= 11 is 5.85. The van der Waals surface area contributed by atoms with Gasteiger partial charge >= 0.3 is 0 Å². The number of benzene rings is 2. The number of fused-ring (bicyclic) bond motifs is 1. The molecule has 0 spiro atoms. The Bertz CT molecular complexity index is 571. The number of nitrogens with one attached hydrogen (secondary N) is 1. The van der Waals surface area contributed by atoms with Gasteiger partial charge in [0.1, 0.15) is 17.7 Å². The van der Waals surface area contributed by atoms with E-state index >= 15 is 0 Å². The van der Waals surface area contributed by atoms with Crippen LogP contribution in [0.1, 0.15) is 11.7 Å². The predicted octanol–water partition coefficient (Wildman–Crippen LogP) is 4.02. The van der Waals surface area contributed by atoms with Crippen LogP contribution in [-0.2, 0) is 0 Å². The van der Waals surface area contributed by atoms with E-state index in [0.717, 1.165) is 11.3 Å². The summed E-state index contributed by atoms with van der Waals surface area (Å²) in [6.45, 7) is 0.653. The normalized spacial score (nSPS) is 17.6. The number of hydrogen-bond donors (Lipinski definition) is 1. The second-order valence-corrected chi connectivity index (χ2v) is 4.62. The van der Waals surface area contributed by atoms with Gasteiger partial charge in [-0.2, -0.15) is 0 Å². The van der Waals surface area contributed by atoms with Crippen molar-refractivity contribution in [3.8, 4) is 5.75 Å². The molecule has 1 N–H and O–H groups in total. The zero-order valence-electron chi connectivity index (χ0n) is 9.49. The van der Waals surface area contributed by atoms with Crippen molar-refractivity contribution in [3.63, 3.8) is 0 Å². The first-order valence-corrected chi connectivity index (χ1v) is 6.06. The molecule has 92 valence electrons. The van der Waals surface area contributed by atoms with Crippen molar-refractivity contribution in [2.75, 3.05) is 11.9 Å². The first-order valence-electron chi connectivity index (χ1n) is 5.68. The third-order valence-corrected chi connectivity index (χ3v) is 3.18. The van der Waals surface area contributed by atoms with Gasteiger partial charge in [-0.15, -0.1) is 0 Å². The first-order chi connectivity index (χ1) is 8.72. The largest absolute Gasteiger partial charge is 0.482 e. The van der Waals surface area contributed by atoms with Gasteiger partial charge in [-0.1, -0.05) is 23.7 Å². The molecule has 1 unspecified atom stereocenters. The van der Waals surface area contributed by atoms with Gasteiger partial charge < -0.3 is 10.1 Å². The Kier molecular flexibility index (Phi) is 2.84. The smallest absolute Gasteiger partial charge is 0.146 e. The molecule has 0 aliphatic carbocycles.